The second kappa shape index (κ2) is 6.88. The van der Waals surface area contributed by atoms with Crippen LogP contribution in [-0.4, -0.2) is 59.0 Å². The zero-order valence-electron chi connectivity index (χ0n) is 14.8. The molecule has 0 radical (unpaired) electrons. The van der Waals surface area contributed by atoms with E-state index in [1.807, 2.05) is 0 Å². The number of nitrogens with one attached hydrogen (secondary N) is 1. The quantitative estimate of drug-likeness (QED) is 0.890. The van der Waals surface area contributed by atoms with Crippen LogP contribution in [-0.2, 0) is 4.79 Å². The Labute approximate surface area is 152 Å². The van der Waals surface area contributed by atoms with Crippen LogP contribution < -0.4 is 10.2 Å². The van der Waals surface area contributed by atoms with Crippen LogP contribution in [0.3, 0.4) is 0 Å². The molecule has 134 valence electrons. The molecule has 4 heterocycles. The summed E-state index contributed by atoms with van der Waals surface area (Å²) in [6.07, 6.45) is 3.64. The molecule has 0 saturated carbocycles. The van der Waals surface area contributed by atoms with E-state index in [0.29, 0.717) is 11.9 Å². The van der Waals surface area contributed by atoms with Crippen molar-refractivity contribution in [2.75, 3.05) is 31.1 Å². The maximum atomic E-state index is 13.1. The smallest absolute Gasteiger partial charge is 0.227 e. The van der Waals surface area contributed by atoms with E-state index in [1.54, 1.807) is 17.7 Å². The summed E-state index contributed by atoms with van der Waals surface area (Å²) in [6.45, 7) is 7.71. The lowest BCUT2D eigenvalue weighted by Crippen LogP contribution is -2.59. The molecule has 0 spiro atoms. The number of amides is 1. The van der Waals surface area contributed by atoms with Gasteiger partial charge in [-0.05, 0) is 38.1 Å². The lowest BCUT2D eigenvalue weighted by Gasteiger charge is -2.42. The minimum atomic E-state index is 0.0603. The first-order valence-corrected chi connectivity index (χ1v) is 10.00. The van der Waals surface area contributed by atoms with Crippen LogP contribution in [0, 0.1) is 5.92 Å². The van der Waals surface area contributed by atoms with Gasteiger partial charge in [-0.25, -0.2) is 9.97 Å². The van der Waals surface area contributed by atoms with Gasteiger partial charge in [0.2, 0.25) is 5.91 Å². The summed E-state index contributed by atoms with van der Waals surface area (Å²) in [4.78, 5) is 27.4. The molecule has 7 heteroatoms. The number of piperidine rings is 1. The molecule has 0 aromatic carbocycles. The van der Waals surface area contributed by atoms with Crippen LogP contribution in [0.25, 0.3) is 10.2 Å². The third kappa shape index (κ3) is 3.11. The average Bonchev–Trinajstić information content (AvgIpc) is 3.12. The van der Waals surface area contributed by atoms with Crippen LogP contribution in [0.1, 0.15) is 26.7 Å². The molecule has 1 N–H and O–H groups in total. The highest BCUT2D eigenvalue weighted by molar-refractivity contribution is 7.16. The largest absolute Gasteiger partial charge is 0.355 e. The monoisotopic (exact) mass is 359 g/mol. The van der Waals surface area contributed by atoms with E-state index in [2.05, 4.69) is 50.4 Å². The van der Waals surface area contributed by atoms with Crippen LogP contribution in [0.4, 0.5) is 5.82 Å². The van der Waals surface area contributed by atoms with Gasteiger partial charge < -0.3 is 15.1 Å². The number of rotatable bonds is 2. The predicted molar refractivity (Wildman–Crippen MR) is 101 cm³/mol. The number of thiophene rings is 1. The van der Waals surface area contributed by atoms with Gasteiger partial charge in [-0.3, -0.25) is 4.79 Å². The lowest BCUT2D eigenvalue weighted by atomic mass is 9.94. The molecule has 3 atom stereocenters. The van der Waals surface area contributed by atoms with Crippen molar-refractivity contribution in [2.45, 2.75) is 38.8 Å². The van der Waals surface area contributed by atoms with E-state index >= 15 is 0 Å². The molecule has 0 aliphatic carbocycles. The fourth-order valence-corrected chi connectivity index (χ4v) is 4.73. The first-order valence-electron chi connectivity index (χ1n) is 9.12. The number of anilines is 1. The van der Waals surface area contributed by atoms with Crippen LogP contribution in [0.15, 0.2) is 17.8 Å². The summed E-state index contributed by atoms with van der Waals surface area (Å²) in [5.74, 6) is 1.34. The standard InChI is InChI=1S/C18H25N5OS/c1-12-13(2)23(8-6-19-12)18(24)14-4-3-7-22(10-14)16-15-5-9-25-17(15)21-11-20-16/h5,9,11-14,19H,3-4,6-8,10H2,1-2H3. The SMILES string of the molecule is CC1NCCN(C(=O)C2CCCN(c3ncnc4sccc34)C2)C1C. The maximum absolute atomic E-state index is 13.1. The van der Waals surface area contributed by atoms with Gasteiger partial charge in [0, 0.05) is 38.3 Å². The molecule has 2 aliphatic rings. The second-order valence-electron chi connectivity index (χ2n) is 7.14. The Morgan fingerprint density at radius 2 is 2.20 bits per heavy atom. The van der Waals surface area contributed by atoms with E-state index in [9.17, 15) is 4.79 Å². The van der Waals surface area contributed by atoms with Crippen molar-refractivity contribution < 1.29 is 4.79 Å². The van der Waals surface area contributed by atoms with E-state index in [0.717, 1.165) is 55.1 Å². The van der Waals surface area contributed by atoms with Crippen molar-refractivity contribution in [3.8, 4) is 0 Å². The molecule has 2 aromatic heterocycles. The zero-order valence-corrected chi connectivity index (χ0v) is 15.6. The van der Waals surface area contributed by atoms with E-state index in [1.165, 1.54) is 0 Å². The van der Waals surface area contributed by atoms with E-state index in [-0.39, 0.29) is 12.0 Å². The molecule has 2 fully saturated rings. The Bertz CT molecular complexity index is 763. The van der Waals surface area contributed by atoms with Crippen molar-refractivity contribution >= 4 is 33.3 Å². The third-order valence-corrected chi connectivity index (χ3v) is 6.45. The topological polar surface area (TPSA) is 61.4 Å². The van der Waals surface area contributed by atoms with Crippen molar-refractivity contribution in [2.24, 2.45) is 5.92 Å². The minimum Gasteiger partial charge on any atom is -0.355 e. The lowest BCUT2D eigenvalue weighted by molar-refractivity contribution is -0.139. The van der Waals surface area contributed by atoms with Gasteiger partial charge in [0.15, 0.2) is 0 Å². The molecule has 3 unspecified atom stereocenters. The van der Waals surface area contributed by atoms with Crippen LogP contribution in [0.2, 0.25) is 0 Å². The highest BCUT2D eigenvalue weighted by Gasteiger charge is 2.35. The fraction of sp³-hybridized carbons (Fsp3) is 0.611. The molecule has 4 rings (SSSR count). The fourth-order valence-electron chi connectivity index (χ4n) is 4.00. The van der Waals surface area contributed by atoms with Crippen molar-refractivity contribution in [3.63, 3.8) is 0 Å². The number of aromatic nitrogens is 2. The number of hydrogen-bond acceptors (Lipinski definition) is 6. The van der Waals surface area contributed by atoms with Crippen molar-refractivity contribution in [1.82, 2.24) is 20.2 Å². The van der Waals surface area contributed by atoms with Gasteiger partial charge in [-0.15, -0.1) is 11.3 Å². The summed E-state index contributed by atoms with van der Waals surface area (Å²) in [5.41, 5.74) is 0. The number of hydrogen-bond donors (Lipinski definition) is 1. The molecule has 6 nitrogen and oxygen atoms in total. The third-order valence-electron chi connectivity index (χ3n) is 5.63. The van der Waals surface area contributed by atoms with Gasteiger partial charge in [0.05, 0.1) is 11.3 Å². The summed E-state index contributed by atoms with van der Waals surface area (Å²) >= 11 is 1.64. The molecule has 2 saturated heterocycles. The number of nitrogens with zero attached hydrogens (tertiary/aromatic N) is 4. The predicted octanol–water partition coefficient (Wildman–Crippen LogP) is 2.12. The summed E-state index contributed by atoms with van der Waals surface area (Å²) in [7, 11) is 0. The number of fused-ring (bicyclic) bond motifs is 1. The minimum absolute atomic E-state index is 0.0603. The van der Waals surface area contributed by atoms with Gasteiger partial charge in [0.1, 0.15) is 17.0 Å². The summed E-state index contributed by atoms with van der Waals surface area (Å²) < 4.78 is 0. The van der Waals surface area contributed by atoms with Crippen LogP contribution >= 0.6 is 11.3 Å². The zero-order chi connectivity index (χ0) is 17.4. The molecular formula is C18H25N5OS. The number of piperazine rings is 1. The van der Waals surface area contributed by atoms with E-state index in [4.69, 9.17) is 0 Å². The van der Waals surface area contributed by atoms with Crippen molar-refractivity contribution in [3.05, 3.63) is 17.8 Å². The Hall–Kier alpha value is -1.73. The van der Waals surface area contributed by atoms with Gasteiger partial charge in [-0.2, -0.15) is 0 Å². The van der Waals surface area contributed by atoms with Gasteiger partial charge in [0.25, 0.3) is 0 Å². The second-order valence-corrected chi connectivity index (χ2v) is 8.03. The molecule has 0 bridgehead atoms. The molecule has 2 aromatic rings. The summed E-state index contributed by atoms with van der Waals surface area (Å²) in [6, 6.07) is 2.69. The summed E-state index contributed by atoms with van der Waals surface area (Å²) in [5, 5.41) is 6.61. The van der Waals surface area contributed by atoms with Crippen LogP contribution in [0.5, 0.6) is 0 Å². The van der Waals surface area contributed by atoms with Gasteiger partial charge >= 0.3 is 0 Å². The highest BCUT2D eigenvalue weighted by atomic mass is 32.1. The number of carbonyl (C=O) groups excluding carboxylic acids is 1. The Morgan fingerprint density at radius 3 is 3.08 bits per heavy atom. The Balaban J connectivity index is 1.53. The normalized spacial score (nSPS) is 27.7. The molecule has 2 aliphatic heterocycles. The van der Waals surface area contributed by atoms with E-state index < -0.39 is 0 Å². The van der Waals surface area contributed by atoms with Crippen molar-refractivity contribution in [1.29, 1.82) is 0 Å². The maximum Gasteiger partial charge on any atom is 0.227 e. The molecule has 1 amide bonds. The van der Waals surface area contributed by atoms with Gasteiger partial charge in [-0.1, -0.05) is 0 Å². The first-order chi connectivity index (χ1) is 12.1. The molecule has 25 heavy (non-hydrogen) atoms. The molecular weight excluding hydrogens is 334 g/mol. The average molecular weight is 359 g/mol. The Morgan fingerprint density at radius 1 is 1.32 bits per heavy atom. The first kappa shape index (κ1) is 16.7. The Kier molecular flexibility index (Phi) is 4.60. The number of carbonyl (C=O) groups is 1. The highest BCUT2D eigenvalue weighted by Crippen LogP contribution is 2.30.